The number of hydrogen-bond acceptors (Lipinski definition) is 3. The molecule has 6 nitrogen and oxygen atoms in total. The Hall–Kier alpha value is -17.6. The van der Waals surface area contributed by atoms with Gasteiger partial charge in [-0.3, -0.25) is 9.13 Å². The van der Waals surface area contributed by atoms with Crippen molar-refractivity contribution in [1.29, 1.82) is 0 Å². The second-order valence-corrected chi connectivity index (χ2v) is 34.6. The van der Waals surface area contributed by atoms with Crippen LogP contribution in [0.3, 0.4) is 0 Å². The van der Waals surface area contributed by atoms with Crippen LogP contribution in [-0.2, 0) is 0 Å². The normalized spacial score (nSPS) is 12.3. The molecule has 0 saturated carbocycles. The first-order valence-corrected chi connectivity index (χ1v) is 46.0. The lowest BCUT2D eigenvalue weighted by atomic mass is 9.85. The van der Waals surface area contributed by atoms with E-state index in [0.717, 1.165) is 61.9 Å². The quantitative estimate of drug-likeness (QED) is 0.0853. The molecule has 0 bridgehead atoms. The minimum atomic E-state index is 0.126. The van der Waals surface area contributed by atoms with Gasteiger partial charge in [-0.1, -0.05) is 431 Å². The third kappa shape index (κ3) is 14.4. The number of imidazole rings is 2. The van der Waals surface area contributed by atoms with Crippen LogP contribution in [0.5, 0.6) is 0 Å². The van der Waals surface area contributed by atoms with E-state index in [1.807, 2.05) is 12.1 Å². The number of fused-ring (bicyclic) bond motifs is 10. The van der Waals surface area contributed by atoms with Gasteiger partial charge in [0.05, 0.1) is 27.6 Å². The van der Waals surface area contributed by atoms with Crippen molar-refractivity contribution in [2.75, 3.05) is 7.05 Å². The number of benzene rings is 23. The van der Waals surface area contributed by atoms with E-state index in [4.69, 9.17) is 15.1 Å². The van der Waals surface area contributed by atoms with Crippen molar-refractivity contribution in [2.45, 2.75) is 6.04 Å². The number of para-hydroxylation sites is 4. The predicted molar refractivity (Wildman–Crippen MR) is 562 cm³/mol. The van der Waals surface area contributed by atoms with Crippen LogP contribution in [0.15, 0.2) is 509 Å². The summed E-state index contributed by atoms with van der Waals surface area (Å²) in [5.41, 5.74) is 31.9. The van der Waals surface area contributed by atoms with Gasteiger partial charge in [0, 0.05) is 28.1 Å². The molecule has 25 aromatic rings. The molecule has 1 aliphatic heterocycles. The second-order valence-electron chi connectivity index (χ2n) is 34.6. The maximum Gasteiger partial charge on any atom is 0.231 e. The molecule has 1 unspecified atom stereocenters. The lowest BCUT2D eigenvalue weighted by molar-refractivity contribution is -0.588. The van der Waals surface area contributed by atoms with Gasteiger partial charge in [0.1, 0.15) is 17.3 Å². The summed E-state index contributed by atoms with van der Waals surface area (Å²) in [4.78, 5) is 10.1. The number of rotatable bonds is 13. The molecule has 0 amide bonds. The van der Waals surface area contributed by atoms with Gasteiger partial charge in [-0.2, -0.15) is 0 Å². The van der Waals surface area contributed by atoms with Crippen LogP contribution >= 0.6 is 0 Å². The molecule has 0 fully saturated rings. The van der Waals surface area contributed by atoms with Gasteiger partial charge >= 0.3 is 0 Å². The zero-order valence-corrected chi connectivity index (χ0v) is 73.7. The Kier molecular flexibility index (Phi) is 20.5. The number of hydrogen-bond donors (Lipinski definition) is 0. The highest BCUT2D eigenvalue weighted by Crippen LogP contribution is 2.50. The van der Waals surface area contributed by atoms with Crippen LogP contribution in [0.4, 0.5) is 5.69 Å². The standard InChI is InChI=1S/C45H30N2.C43H28N2.C40H29N2/c1-4-14-31(15-5-1)35-26-29-39-40(30-35)44(38-21-11-10-20-37(38)43(39)32-16-6-2-7-17-32)33-24-27-36(28-25-33)47-42-23-13-12-22-41(42)46-45(47)34-18-8-3-9-19-34;1-2-13-31(14-3-1)43-44-39-20-10-11-21-40(39)45(43)34-26-24-30(25-27-34)41-35-16-6-8-18-37(35)42(38-19-9-7-17-36(38)41)33-23-22-29-12-4-5-15-32(29)28-33;1-42-40(30-14-6-3-7-15-30)36-26-31(24-25-37(36)41-42)27-20-22-29(23-21-27)39-34-18-10-8-16-32(34)38(28-12-4-2-5-13-28)33-17-9-11-19-35(33)39/h1-30H;1-28H;2-26,40H,1H3/q;;+1. The molecule has 0 saturated heterocycles. The third-order valence-electron chi connectivity index (χ3n) is 26.8. The average Bonchev–Trinajstić information content (AvgIpc) is 1.48. The van der Waals surface area contributed by atoms with Gasteiger partial charge in [-0.25, -0.2) is 9.97 Å². The van der Waals surface area contributed by atoms with Crippen LogP contribution in [-0.4, -0.2) is 30.8 Å². The topological polar surface area (TPSA) is 51.0 Å². The SMILES string of the molecule is C[N+]1=Nc2ccc(-c3ccc(-c4c5ccccc5c(-c5ccccc5)c5ccccc45)cc3)cc2C1c1ccccc1.c1ccc(-c2ccc3c(-c4ccccc4)c4ccccc4c(-c4ccc(-n5c(-c6ccccc6)nc6ccccc65)cc4)c3c2)cc1.c1ccc(-c2nc3ccccc3n2-c2ccc(-c3c4ccccc4c(-c4ccc5ccccc5c4)c4ccccc34)cc2)cc1. The van der Waals surface area contributed by atoms with E-state index in [1.54, 1.807) is 0 Å². The summed E-state index contributed by atoms with van der Waals surface area (Å²) in [5.74, 6) is 1.88. The van der Waals surface area contributed by atoms with Gasteiger partial charge in [0.2, 0.25) is 6.04 Å². The van der Waals surface area contributed by atoms with E-state index in [-0.39, 0.29) is 6.04 Å². The molecule has 3 heterocycles. The highest BCUT2D eigenvalue weighted by atomic mass is 15.3. The van der Waals surface area contributed by atoms with Gasteiger partial charge < -0.3 is 0 Å². The lowest BCUT2D eigenvalue weighted by Gasteiger charge is -2.19. The molecule has 1 atom stereocenters. The van der Waals surface area contributed by atoms with Crippen molar-refractivity contribution in [3.8, 4) is 123 Å². The number of azo groups is 2. The molecular weight excluding hydrogens is 1620 g/mol. The van der Waals surface area contributed by atoms with Gasteiger partial charge in [0.25, 0.3) is 0 Å². The average molecular weight is 1710 g/mol. The van der Waals surface area contributed by atoms with Gasteiger partial charge in [0.15, 0.2) is 7.05 Å². The summed E-state index contributed by atoms with van der Waals surface area (Å²) in [6.07, 6.45) is 0. The molecule has 23 aromatic carbocycles. The second kappa shape index (κ2) is 34.5. The van der Waals surface area contributed by atoms with E-state index >= 15 is 0 Å². The van der Waals surface area contributed by atoms with E-state index < -0.39 is 0 Å². The fraction of sp³-hybridized carbons (Fsp3) is 0.0156. The van der Waals surface area contributed by atoms with Crippen molar-refractivity contribution < 1.29 is 4.70 Å². The Labute approximate surface area is 777 Å². The predicted octanol–water partition coefficient (Wildman–Crippen LogP) is 34.3. The molecular formula is C128H87N6+. The lowest BCUT2D eigenvalue weighted by Crippen LogP contribution is -2.09. The summed E-state index contributed by atoms with van der Waals surface area (Å²) in [7, 11) is 2.06. The Morgan fingerprint density at radius 1 is 0.201 bits per heavy atom. The Morgan fingerprint density at radius 3 is 0.910 bits per heavy atom. The highest BCUT2D eigenvalue weighted by Gasteiger charge is 2.34. The molecule has 0 aliphatic carbocycles. The fourth-order valence-corrected chi connectivity index (χ4v) is 20.7. The smallest absolute Gasteiger partial charge is 0.231 e. The molecule has 1 aliphatic rings. The molecule has 0 radical (unpaired) electrons. The summed E-state index contributed by atoms with van der Waals surface area (Å²) >= 11 is 0. The van der Waals surface area contributed by atoms with Crippen molar-refractivity contribution >= 4 is 103 Å². The fourth-order valence-electron chi connectivity index (χ4n) is 20.7. The van der Waals surface area contributed by atoms with Gasteiger partial charge in [-0.15, -0.1) is 4.70 Å². The van der Waals surface area contributed by atoms with Crippen LogP contribution in [0, 0.1) is 0 Å². The van der Waals surface area contributed by atoms with Crippen LogP contribution in [0.1, 0.15) is 17.2 Å². The van der Waals surface area contributed by atoms with E-state index in [9.17, 15) is 0 Å². The Bertz CT molecular complexity index is 8700. The maximum atomic E-state index is 5.06. The van der Waals surface area contributed by atoms with Crippen molar-refractivity contribution in [1.82, 2.24) is 19.1 Å². The van der Waals surface area contributed by atoms with Crippen LogP contribution in [0.25, 0.3) is 221 Å². The summed E-state index contributed by atoms with van der Waals surface area (Å²) in [6.45, 7) is 0. The monoisotopic (exact) mass is 1710 g/mol. The van der Waals surface area contributed by atoms with E-state index in [1.165, 1.54) is 176 Å². The zero-order valence-electron chi connectivity index (χ0n) is 73.7. The summed E-state index contributed by atoms with van der Waals surface area (Å²) in [5, 5.41) is 22.5. The van der Waals surface area contributed by atoms with Crippen molar-refractivity contribution in [2.24, 2.45) is 5.11 Å². The van der Waals surface area contributed by atoms with Crippen molar-refractivity contribution in [3.05, 3.63) is 515 Å². The van der Waals surface area contributed by atoms with E-state index in [0.29, 0.717) is 0 Å². The van der Waals surface area contributed by atoms with Crippen LogP contribution in [0.2, 0.25) is 0 Å². The number of nitrogens with zero attached hydrogens (tertiary/aromatic N) is 6. The zero-order chi connectivity index (χ0) is 88.9. The molecule has 2 aromatic heterocycles. The first kappa shape index (κ1) is 79.8. The maximum absolute atomic E-state index is 5.06. The molecule has 6 heteroatoms. The number of aromatic nitrogens is 4. The Morgan fingerprint density at radius 2 is 0.485 bits per heavy atom. The van der Waals surface area contributed by atoms with E-state index in [2.05, 4.69) is 512 Å². The summed E-state index contributed by atoms with van der Waals surface area (Å²) in [6, 6.07) is 181. The largest absolute Gasteiger partial charge is 0.292 e. The highest BCUT2D eigenvalue weighted by molar-refractivity contribution is 6.25. The molecule has 134 heavy (non-hydrogen) atoms. The van der Waals surface area contributed by atoms with Crippen LogP contribution < -0.4 is 0 Å². The van der Waals surface area contributed by atoms with Crippen molar-refractivity contribution in [3.63, 3.8) is 0 Å². The minimum absolute atomic E-state index is 0.126. The van der Waals surface area contributed by atoms with Gasteiger partial charge in [-0.05, 0) is 242 Å². The molecule has 26 rings (SSSR count). The first-order chi connectivity index (χ1) is 66.4. The minimum Gasteiger partial charge on any atom is -0.292 e. The summed E-state index contributed by atoms with van der Waals surface area (Å²) < 4.78 is 6.62. The molecule has 0 spiro atoms. The molecule has 0 N–H and O–H groups in total. The third-order valence-corrected chi connectivity index (χ3v) is 26.8. The molecule has 628 valence electrons. The Balaban J connectivity index is 0.000000111. The first-order valence-electron chi connectivity index (χ1n) is 46.0.